The van der Waals surface area contributed by atoms with Crippen LogP contribution in [-0.2, 0) is 14.8 Å². The number of rotatable bonds is 5. The van der Waals surface area contributed by atoms with Crippen molar-refractivity contribution in [3.8, 4) is 12.3 Å². The van der Waals surface area contributed by atoms with Gasteiger partial charge in [-0.3, -0.25) is 4.79 Å². The van der Waals surface area contributed by atoms with Gasteiger partial charge >= 0.3 is 0 Å². The predicted molar refractivity (Wildman–Crippen MR) is 101 cm³/mol. The van der Waals surface area contributed by atoms with E-state index in [9.17, 15) is 13.2 Å². The van der Waals surface area contributed by atoms with Crippen molar-refractivity contribution in [1.82, 2.24) is 9.62 Å². The van der Waals surface area contributed by atoms with Crippen LogP contribution in [-0.4, -0.2) is 51.4 Å². The second-order valence-corrected chi connectivity index (χ2v) is 8.73. The van der Waals surface area contributed by atoms with E-state index in [1.54, 1.807) is 16.4 Å². The second kappa shape index (κ2) is 8.11. The number of nitrogens with one attached hydrogen (secondary N) is 1. The van der Waals surface area contributed by atoms with Crippen LogP contribution < -0.4 is 10.2 Å². The van der Waals surface area contributed by atoms with E-state index in [2.05, 4.69) is 16.1 Å². The molecule has 0 aromatic heterocycles. The van der Waals surface area contributed by atoms with Crippen LogP contribution in [0.3, 0.4) is 0 Å². The summed E-state index contributed by atoms with van der Waals surface area (Å²) in [6.07, 6.45) is 8.57. The lowest BCUT2D eigenvalue weighted by molar-refractivity contribution is -0.125. The molecule has 2 heterocycles. The van der Waals surface area contributed by atoms with Crippen LogP contribution in [0.15, 0.2) is 29.2 Å². The number of piperidine rings is 1. The van der Waals surface area contributed by atoms with Crippen molar-refractivity contribution < 1.29 is 13.2 Å². The smallest absolute Gasteiger partial charge is 0.243 e. The highest BCUT2D eigenvalue weighted by Crippen LogP contribution is 2.26. The number of terminal acetylenes is 1. The lowest BCUT2D eigenvalue weighted by atomic mass is 9.95. The molecule has 2 aliphatic heterocycles. The van der Waals surface area contributed by atoms with Crippen molar-refractivity contribution >= 4 is 21.6 Å². The van der Waals surface area contributed by atoms with E-state index in [1.165, 1.54) is 0 Å². The number of amides is 1. The highest BCUT2D eigenvalue weighted by molar-refractivity contribution is 7.89. The fourth-order valence-electron chi connectivity index (χ4n) is 3.59. The van der Waals surface area contributed by atoms with Crippen molar-refractivity contribution in [3.63, 3.8) is 0 Å². The molecule has 6 nitrogen and oxygen atoms in total. The van der Waals surface area contributed by atoms with Crippen LogP contribution in [0, 0.1) is 18.3 Å². The van der Waals surface area contributed by atoms with Crippen LogP contribution in [0.2, 0.25) is 0 Å². The average molecular weight is 375 g/mol. The standard InChI is InChI=1S/C19H25N3O3S/c1-2-11-20-19(23)16-9-14-21(15-10-16)17-5-7-18(8-6-17)26(24,25)22-12-3-4-13-22/h1,5-8,16H,3-4,9-15H2,(H,20,23). The van der Waals surface area contributed by atoms with E-state index in [4.69, 9.17) is 6.42 Å². The van der Waals surface area contributed by atoms with Gasteiger partial charge in [-0.05, 0) is 49.9 Å². The molecule has 2 aliphatic rings. The van der Waals surface area contributed by atoms with Gasteiger partial charge in [0.1, 0.15) is 0 Å². The molecule has 26 heavy (non-hydrogen) atoms. The number of benzene rings is 1. The molecule has 0 radical (unpaired) electrons. The van der Waals surface area contributed by atoms with Crippen LogP contribution in [0.5, 0.6) is 0 Å². The summed E-state index contributed by atoms with van der Waals surface area (Å²) in [6.45, 7) is 3.03. The maximum absolute atomic E-state index is 12.6. The lowest BCUT2D eigenvalue weighted by Gasteiger charge is -2.33. The fourth-order valence-corrected chi connectivity index (χ4v) is 5.11. The van der Waals surface area contributed by atoms with Gasteiger partial charge in [0, 0.05) is 37.8 Å². The number of carbonyl (C=O) groups excluding carboxylic acids is 1. The van der Waals surface area contributed by atoms with Crippen molar-refractivity contribution in [1.29, 1.82) is 0 Å². The van der Waals surface area contributed by atoms with E-state index in [-0.39, 0.29) is 18.4 Å². The van der Waals surface area contributed by atoms with Crippen molar-refractivity contribution in [2.24, 2.45) is 5.92 Å². The molecule has 3 rings (SSSR count). The molecule has 7 heteroatoms. The van der Waals surface area contributed by atoms with Crippen LogP contribution >= 0.6 is 0 Å². The number of sulfonamides is 1. The summed E-state index contributed by atoms with van der Waals surface area (Å²) in [7, 11) is -3.37. The minimum absolute atomic E-state index is 0.00517. The summed E-state index contributed by atoms with van der Waals surface area (Å²) in [6, 6.07) is 7.10. The molecule has 0 unspecified atom stereocenters. The third kappa shape index (κ3) is 4.02. The Morgan fingerprint density at radius 3 is 2.31 bits per heavy atom. The van der Waals surface area contributed by atoms with E-state index < -0.39 is 10.0 Å². The Hall–Kier alpha value is -2.04. The first kappa shape index (κ1) is 18.7. The van der Waals surface area contributed by atoms with Gasteiger partial charge in [-0.1, -0.05) is 5.92 Å². The molecule has 0 bridgehead atoms. The molecule has 0 saturated carbocycles. The topological polar surface area (TPSA) is 69.7 Å². The highest BCUT2D eigenvalue weighted by atomic mass is 32.2. The quantitative estimate of drug-likeness (QED) is 0.791. The molecule has 1 aromatic carbocycles. The third-order valence-corrected chi connectivity index (χ3v) is 7.05. The Morgan fingerprint density at radius 1 is 1.12 bits per heavy atom. The van der Waals surface area contributed by atoms with Gasteiger partial charge in [-0.2, -0.15) is 4.31 Å². The number of hydrogen-bond acceptors (Lipinski definition) is 4. The summed E-state index contributed by atoms with van der Waals surface area (Å²) in [5.74, 6) is 2.43. The summed E-state index contributed by atoms with van der Waals surface area (Å²) in [5, 5.41) is 2.74. The fraction of sp³-hybridized carbons (Fsp3) is 0.526. The SMILES string of the molecule is C#CCNC(=O)C1CCN(c2ccc(S(=O)(=O)N3CCCC3)cc2)CC1. The van der Waals surface area contributed by atoms with E-state index in [0.717, 1.165) is 44.5 Å². The van der Waals surface area contributed by atoms with Crippen molar-refractivity contribution in [2.45, 2.75) is 30.6 Å². The summed E-state index contributed by atoms with van der Waals surface area (Å²) >= 11 is 0. The maximum Gasteiger partial charge on any atom is 0.243 e. The first-order chi connectivity index (χ1) is 12.5. The molecular weight excluding hydrogens is 350 g/mol. The monoisotopic (exact) mass is 375 g/mol. The Kier molecular flexibility index (Phi) is 5.84. The molecule has 0 atom stereocenters. The summed E-state index contributed by atoms with van der Waals surface area (Å²) in [4.78, 5) is 14.5. The van der Waals surface area contributed by atoms with Gasteiger partial charge in [-0.15, -0.1) is 6.42 Å². The average Bonchev–Trinajstić information content (AvgIpc) is 3.22. The summed E-state index contributed by atoms with van der Waals surface area (Å²) in [5.41, 5.74) is 0.993. The van der Waals surface area contributed by atoms with Crippen LogP contribution in [0.4, 0.5) is 5.69 Å². The predicted octanol–water partition coefficient (Wildman–Crippen LogP) is 1.44. The zero-order valence-corrected chi connectivity index (χ0v) is 15.7. The van der Waals surface area contributed by atoms with Gasteiger partial charge < -0.3 is 10.2 Å². The van der Waals surface area contributed by atoms with E-state index in [1.807, 2.05) is 12.1 Å². The van der Waals surface area contributed by atoms with Crippen LogP contribution in [0.1, 0.15) is 25.7 Å². The molecule has 2 fully saturated rings. The maximum atomic E-state index is 12.6. The zero-order valence-electron chi connectivity index (χ0n) is 14.9. The first-order valence-electron chi connectivity index (χ1n) is 9.08. The van der Waals surface area contributed by atoms with Gasteiger partial charge in [0.05, 0.1) is 11.4 Å². The lowest BCUT2D eigenvalue weighted by Crippen LogP contribution is -2.40. The molecular formula is C19H25N3O3S. The minimum atomic E-state index is -3.37. The summed E-state index contributed by atoms with van der Waals surface area (Å²) < 4.78 is 26.7. The molecule has 0 aliphatic carbocycles. The highest BCUT2D eigenvalue weighted by Gasteiger charge is 2.28. The van der Waals surface area contributed by atoms with E-state index in [0.29, 0.717) is 18.0 Å². The molecule has 140 valence electrons. The Morgan fingerprint density at radius 2 is 1.73 bits per heavy atom. The molecule has 1 amide bonds. The van der Waals surface area contributed by atoms with E-state index >= 15 is 0 Å². The first-order valence-corrected chi connectivity index (χ1v) is 10.5. The Balaban J connectivity index is 1.60. The molecule has 1 N–H and O–H groups in total. The van der Waals surface area contributed by atoms with Gasteiger partial charge in [0.15, 0.2) is 0 Å². The normalized spacial score (nSPS) is 19.3. The van der Waals surface area contributed by atoms with Crippen molar-refractivity contribution in [2.75, 3.05) is 37.6 Å². The molecule has 2 saturated heterocycles. The van der Waals surface area contributed by atoms with Gasteiger partial charge in [-0.25, -0.2) is 8.42 Å². The van der Waals surface area contributed by atoms with Gasteiger partial charge in [0.2, 0.25) is 15.9 Å². The molecule has 0 spiro atoms. The second-order valence-electron chi connectivity index (χ2n) is 6.79. The Bertz CT molecular complexity index is 769. The minimum Gasteiger partial charge on any atom is -0.371 e. The zero-order chi connectivity index (χ0) is 18.6. The van der Waals surface area contributed by atoms with Crippen molar-refractivity contribution in [3.05, 3.63) is 24.3 Å². The largest absolute Gasteiger partial charge is 0.371 e. The Labute approximate surface area is 155 Å². The number of nitrogens with zero attached hydrogens (tertiary/aromatic N) is 2. The molecule has 1 aromatic rings. The number of carbonyl (C=O) groups is 1. The third-order valence-electron chi connectivity index (χ3n) is 5.14. The number of anilines is 1. The van der Waals surface area contributed by atoms with Crippen LogP contribution in [0.25, 0.3) is 0 Å². The number of hydrogen-bond donors (Lipinski definition) is 1. The van der Waals surface area contributed by atoms with Gasteiger partial charge in [0.25, 0.3) is 0 Å².